The van der Waals surface area contributed by atoms with Crippen molar-refractivity contribution in [2.75, 3.05) is 0 Å². The SMILES string of the molecule is C=Cc1c(C)c2cc3nc(cc4[nH]c(cc5nc(cc1[nH]2)C(C)=C5CC)c(C)c4C(=O)O)[C@@H](CCC(=O)O)[C@@H]3C. The number of fused-ring (bicyclic) bond motifs is 8. The monoisotopic (exact) mass is 538 g/mol. The molecule has 0 unspecified atom stereocenters. The van der Waals surface area contributed by atoms with E-state index < -0.39 is 11.9 Å². The second-order valence-corrected chi connectivity index (χ2v) is 10.7. The number of aryl methyl sites for hydroxylation is 2. The number of aromatic amines is 2. The summed E-state index contributed by atoms with van der Waals surface area (Å²) in [5, 5.41) is 19.6. The van der Waals surface area contributed by atoms with E-state index in [1.807, 2.05) is 38.1 Å². The third-order valence-electron chi connectivity index (χ3n) is 8.37. The van der Waals surface area contributed by atoms with Crippen LogP contribution in [0.2, 0.25) is 0 Å². The first-order chi connectivity index (χ1) is 19.0. The Hall–Kier alpha value is -4.46. The fourth-order valence-corrected chi connectivity index (χ4v) is 6.02. The lowest BCUT2D eigenvalue weighted by atomic mass is 9.87. The van der Waals surface area contributed by atoms with E-state index in [9.17, 15) is 19.8 Å². The van der Waals surface area contributed by atoms with Crippen molar-refractivity contribution in [3.63, 3.8) is 0 Å². The van der Waals surface area contributed by atoms with Gasteiger partial charge < -0.3 is 20.2 Å². The number of aliphatic carboxylic acids is 1. The van der Waals surface area contributed by atoms with Gasteiger partial charge in [-0.1, -0.05) is 26.5 Å². The Morgan fingerprint density at radius 2 is 1.57 bits per heavy atom. The Kier molecular flexibility index (Phi) is 6.96. The summed E-state index contributed by atoms with van der Waals surface area (Å²) in [6.45, 7) is 14.1. The number of aromatic carboxylic acids is 1. The number of hydrogen-bond acceptors (Lipinski definition) is 4. The van der Waals surface area contributed by atoms with E-state index >= 15 is 0 Å². The van der Waals surface area contributed by atoms with E-state index in [2.05, 4.69) is 30.4 Å². The molecule has 0 aromatic carbocycles. The zero-order valence-electron chi connectivity index (χ0n) is 23.5. The molecule has 3 aromatic heterocycles. The summed E-state index contributed by atoms with van der Waals surface area (Å²) in [6, 6.07) is 7.74. The van der Waals surface area contributed by atoms with E-state index in [1.54, 1.807) is 13.0 Å². The van der Waals surface area contributed by atoms with Gasteiger partial charge in [0.05, 0.1) is 22.5 Å². The van der Waals surface area contributed by atoms with Gasteiger partial charge in [-0.05, 0) is 80.2 Å². The average molecular weight is 539 g/mol. The van der Waals surface area contributed by atoms with Crippen molar-refractivity contribution >= 4 is 51.2 Å². The number of nitrogens with zero attached hydrogens (tertiary/aromatic N) is 2. The van der Waals surface area contributed by atoms with Crippen molar-refractivity contribution in [1.29, 1.82) is 0 Å². The van der Waals surface area contributed by atoms with Gasteiger partial charge in [0, 0.05) is 51.8 Å². The molecular formula is C32H34N4O4. The zero-order chi connectivity index (χ0) is 28.9. The lowest BCUT2D eigenvalue weighted by Gasteiger charge is -2.14. The second kappa shape index (κ2) is 10.3. The van der Waals surface area contributed by atoms with Crippen LogP contribution in [0.4, 0.5) is 0 Å². The minimum absolute atomic E-state index is 0.00508. The van der Waals surface area contributed by atoms with Crippen LogP contribution in [0.3, 0.4) is 0 Å². The van der Waals surface area contributed by atoms with Crippen molar-refractivity contribution in [2.45, 2.75) is 65.7 Å². The van der Waals surface area contributed by atoms with Crippen LogP contribution in [0.15, 0.2) is 30.8 Å². The summed E-state index contributed by atoms with van der Waals surface area (Å²) in [7, 11) is 0. The molecule has 8 bridgehead atoms. The predicted molar refractivity (Wildman–Crippen MR) is 158 cm³/mol. The van der Waals surface area contributed by atoms with Gasteiger partial charge in [0.2, 0.25) is 0 Å². The van der Waals surface area contributed by atoms with Crippen LogP contribution in [0.25, 0.3) is 39.3 Å². The first-order valence-electron chi connectivity index (χ1n) is 13.6. The summed E-state index contributed by atoms with van der Waals surface area (Å²) < 4.78 is 0. The summed E-state index contributed by atoms with van der Waals surface area (Å²) in [5.41, 5.74) is 11.0. The average Bonchev–Trinajstić information content (AvgIpc) is 3.55. The normalized spacial score (nSPS) is 16.8. The minimum atomic E-state index is -1.04. The summed E-state index contributed by atoms with van der Waals surface area (Å²) >= 11 is 0. The van der Waals surface area contributed by atoms with Gasteiger partial charge in [-0.25, -0.2) is 9.78 Å². The Bertz CT molecular complexity index is 1770. The number of carbonyl (C=O) groups is 2. The number of rotatable bonds is 6. The molecule has 206 valence electrons. The Balaban J connectivity index is 1.95. The third-order valence-corrected chi connectivity index (χ3v) is 8.37. The Morgan fingerprint density at radius 1 is 0.925 bits per heavy atom. The van der Waals surface area contributed by atoms with Gasteiger partial charge in [0.1, 0.15) is 0 Å². The molecule has 8 nitrogen and oxygen atoms in total. The van der Waals surface area contributed by atoms with E-state index in [1.165, 1.54) is 0 Å². The van der Waals surface area contributed by atoms with Gasteiger partial charge in [-0.15, -0.1) is 0 Å². The Labute approximate surface area is 232 Å². The molecule has 8 heteroatoms. The van der Waals surface area contributed by atoms with E-state index in [4.69, 9.17) is 9.97 Å². The molecule has 0 spiro atoms. The maximum atomic E-state index is 12.4. The maximum absolute atomic E-state index is 12.4. The molecule has 0 aliphatic carbocycles. The lowest BCUT2D eigenvalue weighted by molar-refractivity contribution is -0.137. The van der Waals surface area contributed by atoms with Crippen LogP contribution in [0, 0.1) is 13.8 Å². The van der Waals surface area contributed by atoms with E-state index in [0.29, 0.717) is 28.7 Å². The largest absolute Gasteiger partial charge is 0.481 e. The lowest BCUT2D eigenvalue weighted by Crippen LogP contribution is -2.06. The number of hydrogen-bond donors (Lipinski definition) is 4. The van der Waals surface area contributed by atoms with Crippen LogP contribution >= 0.6 is 0 Å². The van der Waals surface area contributed by atoms with Crippen LogP contribution in [0.1, 0.15) is 102 Å². The molecular weight excluding hydrogens is 504 g/mol. The number of nitrogens with one attached hydrogen (secondary N) is 2. The van der Waals surface area contributed by atoms with Gasteiger partial charge in [-0.3, -0.25) is 9.78 Å². The summed E-state index contributed by atoms with van der Waals surface area (Å²) in [5.74, 6) is -2.15. The number of carboxylic acid groups (broad SMARTS) is 2. The highest BCUT2D eigenvalue weighted by molar-refractivity contribution is 6.01. The van der Waals surface area contributed by atoms with Crippen LogP contribution in [-0.2, 0) is 4.79 Å². The molecule has 5 rings (SSSR count). The number of carboxylic acids is 2. The van der Waals surface area contributed by atoms with Crippen molar-refractivity contribution in [1.82, 2.24) is 19.9 Å². The van der Waals surface area contributed by atoms with Crippen molar-refractivity contribution in [3.05, 3.63) is 75.9 Å². The number of H-pyrrole nitrogens is 2. The van der Waals surface area contributed by atoms with Gasteiger partial charge >= 0.3 is 11.9 Å². The quantitative estimate of drug-likeness (QED) is 0.259. The molecule has 0 radical (unpaired) electrons. The van der Waals surface area contributed by atoms with Gasteiger partial charge in [-0.2, -0.15) is 0 Å². The van der Waals surface area contributed by atoms with E-state index in [0.717, 1.165) is 56.8 Å². The molecule has 0 saturated heterocycles. The molecule has 0 fully saturated rings. The van der Waals surface area contributed by atoms with Crippen LogP contribution in [-0.4, -0.2) is 42.1 Å². The fraction of sp³-hybridized carbons (Fsp3) is 0.312. The van der Waals surface area contributed by atoms with Crippen molar-refractivity contribution in [2.24, 2.45) is 0 Å². The summed E-state index contributed by atoms with van der Waals surface area (Å²) in [4.78, 5) is 40.6. The third kappa shape index (κ3) is 4.53. The zero-order valence-corrected chi connectivity index (χ0v) is 23.5. The molecule has 4 N–H and O–H groups in total. The molecule has 0 amide bonds. The Morgan fingerprint density at radius 3 is 2.23 bits per heavy atom. The van der Waals surface area contributed by atoms with Crippen molar-refractivity contribution < 1.29 is 19.8 Å². The fourth-order valence-electron chi connectivity index (χ4n) is 6.02. The molecule has 2 aliphatic heterocycles. The summed E-state index contributed by atoms with van der Waals surface area (Å²) in [6.07, 6.45) is 3.00. The highest BCUT2D eigenvalue weighted by Crippen LogP contribution is 2.40. The molecule has 5 heterocycles. The highest BCUT2D eigenvalue weighted by atomic mass is 16.4. The van der Waals surface area contributed by atoms with Gasteiger partial charge in [0.25, 0.3) is 0 Å². The number of aromatic nitrogens is 4. The predicted octanol–water partition coefficient (Wildman–Crippen LogP) is 7.37. The second-order valence-electron chi connectivity index (χ2n) is 10.7. The highest BCUT2D eigenvalue weighted by Gasteiger charge is 2.30. The molecule has 0 saturated carbocycles. The maximum Gasteiger partial charge on any atom is 0.338 e. The molecule has 40 heavy (non-hydrogen) atoms. The smallest absolute Gasteiger partial charge is 0.338 e. The first kappa shape index (κ1) is 27.1. The van der Waals surface area contributed by atoms with Crippen molar-refractivity contribution in [3.8, 4) is 0 Å². The van der Waals surface area contributed by atoms with Crippen LogP contribution < -0.4 is 0 Å². The standard InChI is InChI=1S/C32H34N4O4/c1-7-19-15(3)22-11-23-17(5)21(9-10-30(37)38)28(35-23)14-29-31(32(39)40)18(6)25(36-29)13-27-20(8-2)16(4)24(34-27)12-26(19)33-22/h7,11-14,17,21,33,36H,1,8-10H2,2-6H3,(H,37,38)(H,39,40)/t17-,21-/m0/s1. The van der Waals surface area contributed by atoms with Crippen LogP contribution in [0.5, 0.6) is 0 Å². The molecule has 2 atom stereocenters. The molecule has 3 aromatic rings. The molecule has 2 aliphatic rings. The minimum Gasteiger partial charge on any atom is -0.481 e. The number of allylic oxidation sites excluding steroid dienone is 2. The topological polar surface area (TPSA) is 132 Å². The first-order valence-corrected chi connectivity index (χ1v) is 13.6. The van der Waals surface area contributed by atoms with E-state index in [-0.39, 0.29) is 23.8 Å². The van der Waals surface area contributed by atoms with Gasteiger partial charge in [0.15, 0.2) is 0 Å².